The Morgan fingerprint density at radius 3 is 2.25 bits per heavy atom. The lowest BCUT2D eigenvalue weighted by atomic mass is 9.78. The summed E-state index contributed by atoms with van der Waals surface area (Å²) in [5.74, 6) is -5.34. The third-order valence-corrected chi connectivity index (χ3v) is 14.0. The van der Waals surface area contributed by atoms with Gasteiger partial charge in [0.15, 0.2) is 48.2 Å². The van der Waals surface area contributed by atoms with E-state index in [2.05, 4.69) is 0 Å². The van der Waals surface area contributed by atoms with Crippen molar-refractivity contribution in [3.05, 3.63) is 79.9 Å². The van der Waals surface area contributed by atoms with E-state index in [1.807, 2.05) is 19.1 Å². The molecular weight excluding hydrogens is 971 g/mol. The third-order valence-electron chi connectivity index (χ3n) is 13.3. The van der Waals surface area contributed by atoms with Crippen molar-refractivity contribution in [1.82, 2.24) is 0 Å². The highest BCUT2D eigenvalue weighted by Gasteiger charge is 2.56. The first-order valence-corrected chi connectivity index (χ1v) is 24.4. The monoisotopic (exact) mass is 1040 g/mol. The SMILES string of the molecule is CCc1c(Cl)c(O)c(Cl)c(O)c1C(=O)OC1C(C)OC(OC/C2=C\C=C\CC(O)/C(C)=C/C3CCC4(C)OC(OC3/C(C)=C/C(C)=C/CC(C(C)=O)OC2=O)C(O)C(O)C4OC(=O)C(C)C)C(OC)C1O. The molecule has 3 saturated heterocycles. The van der Waals surface area contributed by atoms with Gasteiger partial charge in [-0.2, -0.15) is 0 Å². The lowest BCUT2D eigenvalue weighted by Gasteiger charge is -2.51. The zero-order valence-corrected chi connectivity index (χ0v) is 43.1. The number of allylic oxidation sites excluding steroid dienone is 4. The number of ketones is 1. The van der Waals surface area contributed by atoms with Gasteiger partial charge in [-0.25, -0.2) is 9.59 Å². The van der Waals surface area contributed by atoms with Crippen LogP contribution in [0, 0.1) is 11.8 Å². The molecule has 394 valence electrons. The van der Waals surface area contributed by atoms with E-state index in [4.69, 9.17) is 61.1 Å². The quantitative estimate of drug-likeness (QED) is 0.0918. The minimum absolute atomic E-state index is 0.0202. The minimum Gasteiger partial charge on any atom is -0.505 e. The van der Waals surface area contributed by atoms with Crippen LogP contribution < -0.4 is 0 Å². The highest BCUT2D eigenvalue weighted by atomic mass is 35.5. The Bertz CT molecular complexity index is 2290. The van der Waals surface area contributed by atoms with Gasteiger partial charge in [-0.15, -0.1) is 0 Å². The molecule has 0 saturated carbocycles. The molecule has 1 aromatic carbocycles. The molecule has 4 aliphatic heterocycles. The van der Waals surface area contributed by atoms with Crippen LogP contribution in [0.3, 0.4) is 0 Å². The van der Waals surface area contributed by atoms with Crippen LogP contribution in [0.2, 0.25) is 10.0 Å². The molecule has 4 heterocycles. The number of aromatic hydroxyl groups is 2. The minimum atomic E-state index is -1.59. The Morgan fingerprint density at radius 2 is 1.62 bits per heavy atom. The number of esters is 3. The molecule has 0 aliphatic carbocycles. The first kappa shape index (κ1) is 57.7. The fraction of sp³-hybridized carbons (Fsp3) is 0.608. The zero-order valence-electron chi connectivity index (χ0n) is 41.6. The van der Waals surface area contributed by atoms with Crippen LogP contribution in [0.15, 0.2) is 58.7 Å². The van der Waals surface area contributed by atoms with Crippen molar-refractivity contribution in [3.8, 4) is 11.5 Å². The molecule has 20 heteroatoms. The van der Waals surface area contributed by atoms with Gasteiger partial charge in [0.2, 0.25) is 0 Å². The number of cyclic esters (lactones) is 1. The molecule has 4 aliphatic rings. The van der Waals surface area contributed by atoms with Crippen molar-refractivity contribution in [1.29, 1.82) is 0 Å². The Balaban J connectivity index is 1.40. The van der Waals surface area contributed by atoms with E-state index in [1.54, 1.807) is 53.7 Å². The van der Waals surface area contributed by atoms with Crippen LogP contribution in [-0.2, 0) is 58.7 Å². The number of Topliss-reactive ketones (excluding diaryl/α,β-unsaturated/α-hetero) is 1. The molecule has 0 radical (unpaired) electrons. The smallest absolute Gasteiger partial charge is 0.342 e. The molecule has 14 unspecified atom stereocenters. The Labute approximate surface area is 423 Å². The number of benzene rings is 1. The average Bonchev–Trinajstić information content (AvgIpc) is 3.31. The number of rotatable bonds is 10. The molecule has 0 amide bonds. The summed E-state index contributed by atoms with van der Waals surface area (Å²) in [4.78, 5) is 53.1. The van der Waals surface area contributed by atoms with E-state index < -0.39 is 143 Å². The highest BCUT2D eigenvalue weighted by Crippen LogP contribution is 2.46. The summed E-state index contributed by atoms with van der Waals surface area (Å²) in [6.07, 6.45) is -4.54. The fourth-order valence-electron chi connectivity index (χ4n) is 8.99. The Kier molecular flexibility index (Phi) is 20.1. The van der Waals surface area contributed by atoms with Gasteiger partial charge in [0.1, 0.15) is 40.6 Å². The third kappa shape index (κ3) is 13.3. The van der Waals surface area contributed by atoms with Gasteiger partial charge in [-0.3, -0.25) is 9.59 Å². The van der Waals surface area contributed by atoms with Crippen LogP contribution >= 0.6 is 23.2 Å². The second kappa shape index (κ2) is 24.7. The Hall–Kier alpha value is -4.18. The Morgan fingerprint density at radius 1 is 0.930 bits per heavy atom. The van der Waals surface area contributed by atoms with Crippen LogP contribution in [-0.4, -0.2) is 147 Å². The van der Waals surface area contributed by atoms with Crippen LogP contribution in [0.1, 0.15) is 104 Å². The number of aliphatic hydroxyl groups excluding tert-OH is 4. The molecule has 1 aromatic rings. The number of hydrogen-bond acceptors (Lipinski definition) is 18. The van der Waals surface area contributed by atoms with Gasteiger partial charge in [0.25, 0.3) is 0 Å². The predicted octanol–water partition coefficient (Wildman–Crippen LogP) is 5.81. The molecule has 14 atom stereocenters. The molecule has 6 N–H and O–H groups in total. The van der Waals surface area contributed by atoms with Crippen molar-refractivity contribution in [3.63, 3.8) is 0 Å². The van der Waals surface area contributed by atoms with Gasteiger partial charge >= 0.3 is 17.9 Å². The van der Waals surface area contributed by atoms with E-state index in [1.165, 1.54) is 33.1 Å². The van der Waals surface area contributed by atoms with Crippen molar-refractivity contribution in [2.24, 2.45) is 11.8 Å². The maximum atomic E-state index is 13.9. The van der Waals surface area contributed by atoms with Crippen LogP contribution in [0.25, 0.3) is 0 Å². The van der Waals surface area contributed by atoms with Gasteiger partial charge in [0.05, 0.1) is 41.4 Å². The van der Waals surface area contributed by atoms with Crippen molar-refractivity contribution >= 4 is 46.9 Å². The number of fused-ring (bicyclic) bond motifs is 3. The summed E-state index contributed by atoms with van der Waals surface area (Å²) in [6, 6.07) is 0. The summed E-state index contributed by atoms with van der Waals surface area (Å²) >= 11 is 12.3. The van der Waals surface area contributed by atoms with Gasteiger partial charge < -0.3 is 68.5 Å². The molecule has 0 spiro atoms. The lowest BCUT2D eigenvalue weighted by Crippen LogP contribution is -2.66. The van der Waals surface area contributed by atoms with Crippen LogP contribution in [0.4, 0.5) is 0 Å². The normalized spacial score (nSPS) is 36.7. The summed E-state index contributed by atoms with van der Waals surface area (Å²) in [5.41, 5.74) is 0.257. The van der Waals surface area contributed by atoms with Crippen LogP contribution in [0.5, 0.6) is 11.5 Å². The topological polar surface area (TPSA) is 263 Å². The standard InChI is InChI=1S/C51H68Cl2O18/c1-11-31-34(37(56)36(53)38(57)35(31)52)48(63)68-43-28(8)66-50(44(64-10)41(43)60)65-22-30-14-12-13-15-32(55)25(5)21-29-18-19-51(9)45(70-46(61)23(2)3)39(58)40(59)49(71-51)69-42(29)26(6)20-24(4)16-17-33(27(7)54)67-47(30)62/h12-14,16,20-21,23,28-29,32-33,39-45,49-50,55-60H,11,15,17-19,22H2,1-10H3/b13-12+,24-16+,25-21+,26-20+,30-14+. The second-order valence-electron chi connectivity index (χ2n) is 19.0. The number of halogens is 2. The molecule has 71 heavy (non-hydrogen) atoms. The number of aliphatic hydroxyl groups is 4. The number of hydrogen-bond donors (Lipinski definition) is 6. The average molecular weight is 1040 g/mol. The highest BCUT2D eigenvalue weighted by molar-refractivity contribution is 6.39. The van der Waals surface area contributed by atoms with Gasteiger partial charge in [0, 0.05) is 19.4 Å². The van der Waals surface area contributed by atoms with Gasteiger partial charge in [-0.1, -0.05) is 79.9 Å². The number of phenolic OH excluding ortho intramolecular Hbond substituents is 2. The van der Waals surface area contributed by atoms with Gasteiger partial charge in [-0.05, 0) is 90.0 Å². The second-order valence-corrected chi connectivity index (χ2v) is 19.8. The van der Waals surface area contributed by atoms with Crippen molar-refractivity contribution in [2.75, 3.05) is 13.7 Å². The summed E-state index contributed by atoms with van der Waals surface area (Å²) in [7, 11) is 1.25. The fourth-order valence-corrected chi connectivity index (χ4v) is 9.55. The number of methoxy groups -OCH3 is 1. The molecule has 5 rings (SSSR count). The number of carbonyl (C=O) groups excluding carboxylic acids is 4. The molecule has 2 bridgehead atoms. The summed E-state index contributed by atoms with van der Waals surface area (Å²) in [6.45, 7) is 14.3. The number of carbonyl (C=O) groups is 4. The molecule has 18 nitrogen and oxygen atoms in total. The van der Waals surface area contributed by atoms with E-state index in [-0.39, 0.29) is 41.8 Å². The first-order chi connectivity index (χ1) is 33.3. The maximum absolute atomic E-state index is 13.9. The molecule has 0 aromatic heterocycles. The molecular formula is C51H68Cl2O18. The van der Waals surface area contributed by atoms with Crippen molar-refractivity contribution in [2.45, 2.75) is 174 Å². The van der Waals surface area contributed by atoms with Crippen molar-refractivity contribution < 1.29 is 87.7 Å². The van der Waals surface area contributed by atoms with E-state index in [0.717, 1.165) is 0 Å². The number of phenols is 2. The van der Waals surface area contributed by atoms with E-state index >= 15 is 0 Å². The largest absolute Gasteiger partial charge is 0.505 e. The molecule has 3 fully saturated rings. The maximum Gasteiger partial charge on any atom is 0.342 e. The van der Waals surface area contributed by atoms with E-state index in [0.29, 0.717) is 23.1 Å². The lowest BCUT2D eigenvalue weighted by molar-refractivity contribution is -0.345. The zero-order chi connectivity index (χ0) is 52.8. The first-order valence-electron chi connectivity index (χ1n) is 23.6. The van der Waals surface area contributed by atoms with E-state index in [9.17, 15) is 49.8 Å². The summed E-state index contributed by atoms with van der Waals surface area (Å²) < 4.78 is 47.5. The predicted molar refractivity (Wildman–Crippen MR) is 257 cm³/mol. The summed E-state index contributed by atoms with van der Waals surface area (Å²) in [5, 5.41) is 65.6. The number of ether oxygens (including phenoxy) is 8.